The maximum atomic E-state index is 12.8. The van der Waals surface area contributed by atoms with Crippen LogP contribution in [-0.2, 0) is 9.59 Å². The predicted molar refractivity (Wildman–Crippen MR) is 103 cm³/mol. The molecule has 4 amide bonds. The van der Waals surface area contributed by atoms with Gasteiger partial charge < -0.3 is 20.9 Å². The maximum absolute atomic E-state index is 12.8. The fraction of sp³-hybridized carbons (Fsp3) is 0.250. The first-order chi connectivity index (χ1) is 13.0. The van der Waals surface area contributed by atoms with Gasteiger partial charge in [-0.2, -0.15) is 0 Å². The minimum Gasteiger partial charge on any atom is -0.352 e. The van der Waals surface area contributed by atoms with Crippen LogP contribution in [0.3, 0.4) is 0 Å². The Balaban J connectivity index is 1.82. The van der Waals surface area contributed by atoms with Crippen molar-refractivity contribution in [2.24, 2.45) is 5.73 Å². The first-order valence-electron chi connectivity index (χ1n) is 8.75. The van der Waals surface area contributed by atoms with Crippen molar-refractivity contribution in [2.45, 2.75) is 13.0 Å². The summed E-state index contributed by atoms with van der Waals surface area (Å²) in [7, 11) is 0. The van der Waals surface area contributed by atoms with Gasteiger partial charge in [0.2, 0.25) is 11.8 Å². The van der Waals surface area contributed by atoms with Crippen LogP contribution in [0, 0.1) is 0 Å². The molecule has 0 aliphatic carbocycles. The molecule has 0 unspecified atom stereocenters. The first kappa shape index (κ1) is 18.4. The highest BCUT2D eigenvalue weighted by molar-refractivity contribution is 6.01. The van der Waals surface area contributed by atoms with Crippen LogP contribution in [0.1, 0.15) is 6.92 Å². The second-order valence-corrected chi connectivity index (χ2v) is 6.48. The Morgan fingerprint density at radius 3 is 2.48 bits per heavy atom. The van der Waals surface area contributed by atoms with Crippen molar-refractivity contribution in [3.05, 3.63) is 54.6 Å². The molecule has 1 heterocycles. The summed E-state index contributed by atoms with van der Waals surface area (Å²) < 4.78 is 0. The molecule has 2 aromatic carbocycles. The second kappa shape index (κ2) is 7.90. The van der Waals surface area contributed by atoms with Gasteiger partial charge in [-0.25, -0.2) is 4.79 Å². The summed E-state index contributed by atoms with van der Waals surface area (Å²) >= 11 is 0. The standard InChI is InChI=1S/C20H22N4O3/c1-14-12-24(19(26)13-23(14)18(25)11-22-20(21)27)17-10-6-5-9-16(17)15-7-3-2-4-8-15/h2-10,14H,11-13H2,1H3,(H3,21,22,27)/t14-/m1/s1. The van der Waals surface area contributed by atoms with Crippen LogP contribution in [0.5, 0.6) is 0 Å². The van der Waals surface area contributed by atoms with Crippen LogP contribution < -0.4 is 16.0 Å². The van der Waals surface area contributed by atoms with E-state index < -0.39 is 6.03 Å². The van der Waals surface area contributed by atoms with E-state index in [1.54, 1.807) is 4.90 Å². The lowest BCUT2D eigenvalue weighted by atomic mass is 10.0. The number of amides is 4. The molecule has 3 N–H and O–H groups in total. The van der Waals surface area contributed by atoms with Gasteiger partial charge in [0.15, 0.2) is 0 Å². The SMILES string of the molecule is C[C@@H]1CN(c2ccccc2-c2ccccc2)C(=O)CN1C(=O)CNC(N)=O. The van der Waals surface area contributed by atoms with Crippen LogP contribution in [0.25, 0.3) is 11.1 Å². The van der Waals surface area contributed by atoms with Gasteiger partial charge >= 0.3 is 6.03 Å². The molecule has 1 fully saturated rings. The van der Waals surface area contributed by atoms with Crippen LogP contribution in [-0.4, -0.2) is 48.4 Å². The number of urea groups is 1. The van der Waals surface area contributed by atoms with Crippen molar-refractivity contribution >= 4 is 23.5 Å². The number of nitrogens with two attached hydrogens (primary N) is 1. The molecule has 3 rings (SSSR count). The number of hydrogen-bond donors (Lipinski definition) is 2. The summed E-state index contributed by atoms with van der Waals surface area (Å²) in [5.41, 5.74) is 7.82. The molecule has 1 atom stereocenters. The van der Waals surface area contributed by atoms with Crippen molar-refractivity contribution in [1.82, 2.24) is 10.2 Å². The zero-order chi connectivity index (χ0) is 19.4. The molecular formula is C20H22N4O3. The zero-order valence-corrected chi connectivity index (χ0v) is 15.1. The number of nitrogens with one attached hydrogen (secondary N) is 1. The van der Waals surface area contributed by atoms with Gasteiger partial charge in [0.1, 0.15) is 6.54 Å². The van der Waals surface area contributed by atoms with Crippen molar-refractivity contribution in [3.8, 4) is 11.1 Å². The van der Waals surface area contributed by atoms with Gasteiger partial charge in [-0.15, -0.1) is 0 Å². The Labute approximate surface area is 157 Å². The summed E-state index contributed by atoms with van der Waals surface area (Å²) in [4.78, 5) is 39.1. The summed E-state index contributed by atoms with van der Waals surface area (Å²) in [6.07, 6.45) is 0. The number of nitrogens with zero attached hydrogens (tertiary/aromatic N) is 2. The molecule has 27 heavy (non-hydrogen) atoms. The molecule has 0 saturated carbocycles. The lowest BCUT2D eigenvalue weighted by molar-refractivity contribution is -0.138. The Kier molecular flexibility index (Phi) is 5.40. The number of piperazine rings is 1. The van der Waals surface area contributed by atoms with E-state index in [1.165, 1.54) is 4.90 Å². The highest BCUT2D eigenvalue weighted by Gasteiger charge is 2.33. The fourth-order valence-electron chi connectivity index (χ4n) is 3.25. The minimum absolute atomic E-state index is 0.0381. The minimum atomic E-state index is -0.766. The molecule has 1 saturated heterocycles. The molecule has 0 aromatic heterocycles. The summed E-state index contributed by atoms with van der Waals surface area (Å²) in [5.74, 6) is -0.491. The number of carbonyl (C=O) groups is 3. The molecule has 140 valence electrons. The van der Waals surface area contributed by atoms with E-state index in [0.717, 1.165) is 16.8 Å². The van der Waals surface area contributed by atoms with E-state index in [1.807, 2.05) is 61.5 Å². The monoisotopic (exact) mass is 366 g/mol. The number of rotatable bonds is 4. The van der Waals surface area contributed by atoms with E-state index in [2.05, 4.69) is 5.32 Å². The number of anilines is 1. The zero-order valence-electron chi connectivity index (χ0n) is 15.1. The number of carbonyl (C=O) groups excluding carboxylic acids is 3. The molecule has 2 aromatic rings. The Morgan fingerprint density at radius 2 is 1.78 bits per heavy atom. The van der Waals surface area contributed by atoms with E-state index in [-0.39, 0.29) is 30.9 Å². The maximum Gasteiger partial charge on any atom is 0.312 e. The van der Waals surface area contributed by atoms with Crippen LogP contribution in [0.2, 0.25) is 0 Å². The van der Waals surface area contributed by atoms with E-state index in [4.69, 9.17) is 5.73 Å². The lowest BCUT2D eigenvalue weighted by Crippen LogP contribution is -2.58. The third-order valence-corrected chi connectivity index (χ3v) is 4.60. The highest BCUT2D eigenvalue weighted by atomic mass is 16.2. The molecule has 7 nitrogen and oxygen atoms in total. The molecule has 7 heteroatoms. The van der Waals surface area contributed by atoms with E-state index >= 15 is 0 Å². The third kappa shape index (κ3) is 4.08. The van der Waals surface area contributed by atoms with Crippen LogP contribution >= 0.6 is 0 Å². The van der Waals surface area contributed by atoms with Crippen LogP contribution in [0.15, 0.2) is 54.6 Å². The van der Waals surface area contributed by atoms with Gasteiger partial charge in [-0.3, -0.25) is 9.59 Å². The second-order valence-electron chi connectivity index (χ2n) is 6.48. The Morgan fingerprint density at radius 1 is 1.11 bits per heavy atom. The number of hydrogen-bond acceptors (Lipinski definition) is 3. The van der Waals surface area contributed by atoms with E-state index in [0.29, 0.717) is 6.54 Å². The number of para-hydroxylation sites is 1. The third-order valence-electron chi connectivity index (χ3n) is 4.60. The lowest BCUT2D eigenvalue weighted by Gasteiger charge is -2.40. The van der Waals surface area contributed by atoms with Gasteiger partial charge in [0, 0.05) is 18.2 Å². The molecular weight excluding hydrogens is 344 g/mol. The van der Waals surface area contributed by atoms with Gasteiger partial charge in [0.25, 0.3) is 0 Å². The summed E-state index contributed by atoms with van der Waals surface area (Å²) in [6, 6.07) is 16.6. The molecule has 0 spiro atoms. The van der Waals surface area contributed by atoms with Crippen molar-refractivity contribution < 1.29 is 14.4 Å². The smallest absolute Gasteiger partial charge is 0.312 e. The predicted octanol–water partition coefficient (Wildman–Crippen LogP) is 1.59. The average molecular weight is 366 g/mol. The normalized spacial score (nSPS) is 16.9. The largest absolute Gasteiger partial charge is 0.352 e. The summed E-state index contributed by atoms with van der Waals surface area (Å²) in [5, 5.41) is 2.27. The Hall–Kier alpha value is -3.35. The van der Waals surface area contributed by atoms with Crippen molar-refractivity contribution in [3.63, 3.8) is 0 Å². The number of primary amides is 1. The van der Waals surface area contributed by atoms with Gasteiger partial charge in [-0.1, -0.05) is 48.5 Å². The van der Waals surface area contributed by atoms with Gasteiger partial charge in [0.05, 0.1) is 12.2 Å². The van der Waals surface area contributed by atoms with Gasteiger partial charge in [-0.05, 0) is 18.6 Å². The van der Waals surface area contributed by atoms with Crippen LogP contribution in [0.4, 0.5) is 10.5 Å². The fourth-order valence-corrected chi connectivity index (χ4v) is 3.25. The Bertz CT molecular complexity index is 853. The van der Waals surface area contributed by atoms with Crippen molar-refractivity contribution in [2.75, 3.05) is 24.5 Å². The summed E-state index contributed by atoms with van der Waals surface area (Å²) in [6.45, 7) is 2.01. The first-order valence-corrected chi connectivity index (χ1v) is 8.75. The number of benzene rings is 2. The average Bonchev–Trinajstić information content (AvgIpc) is 2.68. The van der Waals surface area contributed by atoms with Crippen molar-refractivity contribution in [1.29, 1.82) is 0 Å². The molecule has 0 bridgehead atoms. The highest BCUT2D eigenvalue weighted by Crippen LogP contribution is 2.32. The molecule has 1 aliphatic rings. The topological polar surface area (TPSA) is 95.7 Å². The quantitative estimate of drug-likeness (QED) is 0.860. The molecule has 1 aliphatic heterocycles. The molecule has 0 radical (unpaired) electrons. The van der Waals surface area contributed by atoms with E-state index in [9.17, 15) is 14.4 Å².